The van der Waals surface area contributed by atoms with Crippen LogP contribution in [0.4, 0.5) is 5.69 Å². The second-order valence-corrected chi connectivity index (χ2v) is 5.63. The van der Waals surface area contributed by atoms with E-state index < -0.39 is 9.73 Å². The number of pyridine rings is 1. The lowest BCUT2D eigenvalue weighted by atomic mass is 10.3. The fraction of sp³-hybridized carbons (Fsp3) is 0.375. The Balaban J connectivity index is 2.88. The molecule has 2 N–H and O–H groups in total. The minimum Gasteiger partial charge on any atom is -0.397 e. The molecular weight excluding hydrogens is 186 g/mol. The molecule has 72 valence electrons. The standard InChI is InChI=1S/C8H13N3OS/c1-13(2,12)11-6-8-7(9)4-3-5-10-8/h3-5H,6,9H2,1-2H3. The zero-order valence-electron chi connectivity index (χ0n) is 7.73. The highest BCUT2D eigenvalue weighted by Crippen LogP contribution is 2.08. The molecule has 5 heteroatoms. The van der Waals surface area contributed by atoms with Gasteiger partial charge in [0.05, 0.1) is 17.9 Å². The first-order chi connectivity index (χ1) is 5.99. The summed E-state index contributed by atoms with van der Waals surface area (Å²) in [5, 5.41) is 0. The first-order valence-electron chi connectivity index (χ1n) is 3.81. The Morgan fingerprint density at radius 3 is 2.85 bits per heavy atom. The number of anilines is 1. The Labute approximate surface area is 78.4 Å². The van der Waals surface area contributed by atoms with Gasteiger partial charge in [-0.3, -0.25) is 9.19 Å². The molecule has 0 aliphatic rings. The molecule has 1 heterocycles. The summed E-state index contributed by atoms with van der Waals surface area (Å²) in [6.07, 6.45) is 4.83. The largest absolute Gasteiger partial charge is 0.397 e. The lowest BCUT2D eigenvalue weighted by molar-refractivity contribution is 0.682. The monoisotopic (exact) mass is 199 g/mol. The van der Waals surface area contributed by atoms with Crippen LogP contribution < -0.4 is 5.73 Å². The smallest absolute Gasteiger partial charge is 0.0926 e. The van der Waals surface area contributed by atoms with E-state index in [-0.39, 0.29) is 0 Å². The van der Waals surface area contributed by atoms with E-state index in [1.165, 1.54) is 0 Å². The molecule has 0 amide bonds. The van der Waals surface area contributed by atoms with Crippen LogP contribution >= 0.6 is 0 Å². The van der Waals surface area contributed by atoms with Crippen LogP contribution in [0.25, 0.3) is 0 Å². The molecule has 0 saturated heterocycles. The summed E-state index contributed by atoms with van der Waals surface area (Å²) in [7, 11) is -2.06. The molecule has 1 aromatic heterocycles. The van der Waals surface area contributed by atoms with Gasteiger partial charge >= 0.3 is 0 Å². The van der Waals surface area contributed by atoms with Crippen LogP contribution in [0.3, 0.4) is 0 Å². The van der Waals surface area contributed by atoms with E-state index in [1.807, 2.05) is 0 Å². The average Bonchev–Trinajstić information content (AvgIpc) is 2.01. The van der Waals surface area contributed by atoms with Crippen LogP contribution in [0.1, 0.15) is 5.69 Å². The van der Waals surface area contributed by atoms with E-state index in [2.05, 4.69) is 9.35 Å². The molecule has 0 aliphatic heterocycles. The zero-order chi connectivity index (χ0) is 9.90. The van der Waals surface area contributed by atoms with Crippen molar-refractivity contribution in [1.29, 1.82) is 0 Å². The van der Waals surface area contributed by atoms with Crippen LogP contribution in [0.5, 0.6) is 0 Å². The number of nitrogen functional groups attached to an aromatic ring is 1. The molecular formula is C8H13N3OS. The molecule has 0 spiro atoms. The van der Waals surface area contributed by atoms with Gasteiger partial charge in [-0.2, -0.15) is 0 Å². The zero-order valence-corrected chi connectivity index (χ0v) is 8.54. The average molecular weight is 199 g/mol. The fourth-order valence-corrected chi connectivity index (χ4v) is 1.23. The molecule has 0 fully saturated rings. The summed E-state index contributed by atoms with van der Waals surface area (Å²) in [4.78, 5) is 4.04. The summed E-state index contributed by atoms with van der Waals surface area (Å²) in [6, 6.07) is 3.51. The second kappa shape index (κ2) is 3.74. The predicted octanol–water partition coefficient (Wildman–Crippen LogP) is 0.891. The summed E-state index contributed by atoms with van der Waals surface area (Å²) in [5.41, 5.74) is 6.91. The minimum atomic E-state index is -2.06. The van der Waals surface area contributed by atoms with Crippen LogP contribution in [0, 0.1) is 0 Å². The van der Waals surface area contributed by atoms with Crippen molar-refractivity contribution in [3.05, 3.63) is 24.0 Å². The maximum Gasteiger partial charge on any atom is 0.0926 e. The molecule has 1 rings (SSSR count). The van der Waals surface area contributed by atoms with Crippen LogP contribution in [0.2, 0.25) is 0 Å². The normalized spacial score (nSPS) is 11.2. The van der Waals surface area contributed by atoms with Crippen molar-refractivity contribution in [2.45, 2.75) is 6.54 Å². The summed E-state index contributed by atoms with van der Waals surface area (Å²) >= 11 is 0. The molecule has 0 radical (unpaired) electrons. The van der Waals surface area contributed by atoms with Crippen molar-refractivity contribution in [2.24, 2.45) is 4.36 Å². The van der Waals surface area contributed by atoms with E-state index in [1.54, 1.807) is 30.8 Å². The molecule has 0 atom stereocenters. The molecule has 0 aliphatic carbocycles. The van der Waals surface area contributed by atoms with Gasteiger partial charge in [-0.1, -0.05) is 0 Å². The first kappa shape index (κ1) is 9.98. The number of nitrogens with two attached hydrogens (primary N) is 1. The first-order valence-corrected chi connectivity index (χ1v) is 6.14. The van der Waals surface area contributed by atoms with Gasteiger partial charge in [0.2, 0.25) is 0 Å². The maximum absolute atomic E-state index is 11.2. The Morgan fingerprint density at radius 2 is 2.31 bits per heavy atom. The van der Waals surface area contributed by atoms with E-state index in [9.17, 15) is 4.21 Å². The third-order valence-electron chi connectivity index (χ3n) is 1.45. The van der Waals surface area contributed by atoms with Crippen molar-refractivity contribution in [1.82, 2.24) is 4.98 Å². The highest BCUT2D eigenvalue weighted by atomic mass is 32.2. The Kier molecular flexibility index (Phi) is 2.87. The predicted molar refractivity (Wildman–Crippen MR) is 54.8 cm³/mol. The third-order valence-corrected chi connectivity index (χ3v) is 2.20. The summed E-state index contributed by atoms with van der Waals surface area (Å²) < 4.78 is 15.2. The Hall–Kier alpha value is -1.10. The molecule has 1 aromatic rings. The molecule has 0 unspecified atom stereocenters. The van der Waals surface area contributed by atoms with E-state index in [4.69, 9.17) is 5.73 Å². The number of hydrogen-bond donors (Lipinski definition) is 1. The van der Waals surface area contributed by atoms with Crippen LogP contribution in [0.15, 0.2) is 22.7 Å². The van der Waals surface area contributed by atoms with Crippen molar-refractivity contribution >= 4 is 15.4 Å². The van der Waals surface area contributed by atoms with E-state index in [0.717, 1.165) is 0 Å². The topological polar surface area (TPSA) is 68.3 Å². The summed E-state index contributed by atoms with van der Waals surface area (Å²) in [6.45, 7) is 0.318. The second-order valence-electron chi connectivity index (χ2n) is 3.01. The van der Waals surface area contributed by atoms with Gasteiger partial charge in [0.25, 0.3) is 0 Å². The fourth-order valence-electron chi connectivity index (χ4n) is 0.799. The highest BCUT2D eigenvalue weighted by Gasteiger charge is 1.98. The van der Waals surface area contributed by atoms with Gasteiger partial charge in [0, 0.05) is 28.4 Å². The van der Waals surface area contributed by atoms with Gasteiger partial charge in [0.15, 0.2) is 0 Å². The molecule has 0 aromatic carbocycles. The quantitative estimate of drug-likeness (QED) is 0.769. The molecule has 13 heavy (non-hydrogen) atoms. The number of nitrogens with zero attached hydrogens (tertiary/aromatic N) is 2. The van der Waals surface area contributed by atoms with Crippen molar-refractivity contribution in [2.75, 3.05) is 18.2 Å². The van der Waals surface area contributed by atoms with Crippen molar-refractivity contribution in [3.63, 3.8) is 0 Å². The van der Waals surface area contributed by atoms with Gasteiger partial charge in [0.1, 0.15) is 0 Å². The Bertz CT molecular complexity index is 400. The lowest BCUT2D eigenvalue weighted by Gasteiger charge is -2.00. The Morgan fingerprint density at radius 1 is 1.62 bits per heavy atom. The van der Waals surface area contributed by atoms with Gasteiger partial charge < -0.3 is 5.73 Å². The van der Waals surface area contributed by atoms with Crippen LogP contribution in [-0.4, -0.2) is 21.7 Å². The third kappa shape index (κ3) is 3.42. The van der Waals surface area contributed by atoms with Crippen molar-refractivity contribution < 1.29 is 4.21 Å². The number of hydrogen-bond acceptors (Lipinski definition) is 4. The lowest BCUT2D eigenvalue weighted by Crippen LogP contribution is -1.98. The highest BCUT2D eigenvalue weighted by molar-refractivity contribution is 7.92. The SMILES string of the molecule is CS(C)(=O)=NCc1ncccc1N. The van der Waals surface area contributed by atoms with Crippen LogP contribution in [-0.2, 0) is 16.3 Å². The summed E-state index contributed by atoms with van der Waals surface area (Å²) in [5.74, 6) is 0. The molecule has 4 nitrogen and oxygen atoms in total. The van der Waals surface area contributed by atoms with Gasteiger partial charge in [-0.05, 0) is 12.1 Å². The molecule has 0 bridgehead atoms. The maximum atomic E-state index is 11.2. The number of aromatic nitrogens is 1. The van der Waals surface area contributed by atoms with Gasteiger partial charge in [-0.25, -0.2) is 4.36 Å². The van der Waals surface area contributed by atoms with Gasteiger partial charge in [-0.15, -0.1) is 0 Å². The molecule has 0 saturated carbocycles. The van der Waals surface area contributed by atoms with Crippen molar-refractivity contribution in [3.8, 4) is 0 Å². The minimum absolute atomic E-state index is 0.318. The number of rotatable bonds is 2. The van der Waals surface area contributed by atoms with E-state index in [0.29, 0.717) is 17.9 Å². The van der Waals surface area contributed by atoms with E-state index >= 15 is 0 Å².